The number of nitrogens with zero attached hydrogens (tertiary/aromatic N) is 6. The summed E-state index contributed by atoms with van der Waals surface area (Å²) in [4.78, 5) is 18.4. The lowest BCUT2D eigenvalue weighted by atomic mass is 10.1. The third kappa shape index (κ3) is 2.93. The van der Waals surface area contributed by atoms with Gasteiger partial charge in [0.25, 0.3) is 5.91 Å². The lowest BCUT2D eigenvalue weighted by molar-refractivity contribution is 0.0716. The zero-order valence-corrected chi connectivity index (χ0v) is 14.1. The van der Waals surface area contributed by atoms with Gasteiger partial charge in [0.2, 0.25) is 5.82 Å². The number of amides is 1. The van der Waals surface area contributed by atoms with E-state index in [0.29, 0.717) is 19.7 Å². The van der Waals surface area contributed by atoms with Gasteiger partial charge >= 0.3 is 0 Å². The Kier molecular flexibility index (Phi) is 3.84. The second kappa shape index (κ2) is 6.01. The van der Waals surface area contributed by atoms with Crippen molar-refractivity contribution < 1.29 is 9.53 Å². The maximum atomic E-state index is 12.6. The summed E-state index contributed by atoms with van der Waals surface area (Å²) < 4.78 is 9.27. The summed E-state index contributed by atoms with van der Waals surface area (Å²) in [5.41, 5.74) is 3.25. The summed E-state index contributed by atoms with van der Waals surface area (Å²) in [7, 11) is 3.72. The van der Waals surface area contributed by atoms with Crippen molar-refractivity contribution in [2.24, 2.45) is 20.0 Å². The highest BCUT2D eigenvalue weighted by atomic mass is 16.5. The minimum atomic E-state index is -0.130. The number of hydrogen-bond acceptors (Lipinski definition) is 5. The number of rotatable bonds is 5. The van der Waals surface area contributed by atoms with Gasteiger partial charge in [-0.1, -0.05) is 0 Å². The van der Waals surface area contributed by atoms with Crippen LogP contribution in [0, 0.1) is 5.92 Å². The predicted octanol–water partition coefficient (Wildman–Crippen LogP) is 0.674. The Bertz CT molecular complexity index is 761. The SMILES string of the molecule is Cn1cnc(C(=O)N2CCc3c(c(COCC4CC4)nn3C)C2)n1. The zero-order chi connectivity index (χ0) is 16.7. The highest BCUT2D eigenvalue weighted by Gasteiger charge is 2.29. The van der Waals surface area contributed by atoms with Crippen LogP contribution < -0.4 is 0 Å². The van der Waals surface area contributed by atoms with Crippen molar-refractivity contribution >= 4 is 5.91 Å². The molecule has 0 unspecified atom stereocenters. The van der Waals surface area contributed by atoms with E-state index < -0.39 is 0 Å². The lowest BCUT2D eigenvalue weighted by Crippen LogP contribution is -2.37. The van der Waals surface area contributed by atoms with Gasteiger partial charge in [-0.25, -0.2) is 4.98 Å². The molecule has 4 rings (SSSR count). The van der Waals surface area contributed by atoms with Crippen LogP contribution in [0.2, 0.25) is 0 Å². The van der Waals surface area contributed by atoms with Gasteiger partial charge in [0.05, 0.1) is 12.3 Å². The van der Waals surface area contributed by atoms with Crippen molar-refractivity contribution in [3.05, 3.63) is 29.1 Å². The normalized spacial score (nSPS) is 17.2. The van der Waals surface area contributed by atoms with Gasteiger partial charge in [0, 0.05) is 51.5 Å². The largest absolute Gasteiger partial charge is 0.375 e. The van der Waals surface area contributed by atoms with E-state index >= 15 is 0 Å². The van der Waals surface area contributed by atoms with Crippen LogP contribution in [0.25, 0.3) is 0 Å². The van der Waals surface area contributed by atoms with Crippen LogP contribution in [0.4, 0.5) is 0 Å². The summed E-state index contributed by atoms with van der Waals surface area (Å²) >= 11 is 0. The second-order valence-electron chi connectivity index (χ2n) is 6.67. The van der Waals surface area contributed by atoms with Crippen molar-refractivity contribution in [3.63, 3.8) is 0 Å². The maximum Gasteiger partial charge on any atom is 0.293 e. The Morgan fingerprint density at radius 2 is 2.17 bits per heavy atom. The lowest BCUT2D eigenvalue weighted by Gasteiger charge is -2.26. The molecule has 0 spiro atoms. The van der Waals surface area contributed by atoms with E-state index in [1.54, 1.807) is 23.0 Å². The Hall–Kier alpha value is -2.22. The van der Waals surface area contributed by atoms with Gasteiger partial charge in [-0.05, 0) is 18.8 Å². The molecule has 8 nitrogen and oxygen atoms in total. The second-order valence-corrected chi connectivity index (χ2v) is 6.67. The van der Waals surface area contributed by atoms with Crippen molar-refractivity contribution in [1.82, 2.24) is 29.4 Å². The minimum Gasteiger partial charge on any atom is -0.375 e. The molecule has 0 radical (unpaired) electrons. The molecule has 128 valence electrons. The Morgan fingerprint density at radius 3 is 2.88 bits per heavy atom. The molecule has 0 saturated heterocycles. The average molecular weight is 330 g/mol. The highest BCUT2D eigenvalue weighted by molar-refractivity contribution is 5.90. The molecule has 2 aromatic rings. The molecule has 1 saturated carbocycles. The predicted molar refractivity (Wildman–Crippen MR) is 85.0 cm³/mol. The molecule has 0 atom stereocenters. The molecule has 2 aromatic heterocycles. The molecule has 0 bridgehead atoms. The molecule has 0 N–H and O–H groups in total. The van der Waals surface area contributed by atoms with E-state index in [9.17, 15) is 4.79 Å². The van der Waals surface area contributed by atoms with Crippen molar-refractivity contribution in [3.8, 4) is 0 Å². The maximum absolute atomic E-state index is 12.6. The monoisotopic (exact) mass is 330 g/mol. The number of fused-ring (bicyclic) bond motifs is 1. The van der Waals surface area contributed by atoms with Crippen LogP contribution >= 0.6 is 0 Å². The van der Waals surface area contributed by atoms with Crippen molar-refractivity contribution in [2.75, 3.05) is 13.2 Å². The molecule has 1 fully saturated rings. The van der Waals surface area contributed by atoms with E-state index in [-0.39, 0.29) is 11.7 Å². The number of hydrogen-bond donors (Lipinski definition) is 0. The van der Waals surface area contributed by atoms with Crippen LogP contribution in [0.5, 0.6) is 0 Å². The van der Waals surface area contributed by atoms with E-state index in [2.05, 4.69) is 15.2 Å². The molecule has 3 heterocycles. The first-order valence-corrected chi connectivity index (χ1v) is 8.38. The Labute approximate surface area is 140 Å². The molecular formula is C16H22N6O2. The van der Waals surface area contributed by atoms with E-state index in [0.717, 1.165) is 30.2 Å². The Balaban J connectivity index is 1.49. The number of carbonyl (C=O) groups excluding carboxylic acids is 1. The van der Waals surface area contributed by atoms with Crippen LogP contribution in [-0.2, 0) is 38.4 Å². The van der Waals surface area contributed by atoms with Crippen molar-refractivity contribution in [1.29, 1.82) is 0 Å². The van der Waals surface area contributed by atoms with E-state index in [1.807, 2.05) is 11.7 Å². The van der Waals surface area contributed by atoms with Crippen molar-refractivity contribution in [2.45, 2.75) is 32.4 Å². The quantitative estimate of drug-likeness (QED) is 0.805. The first kappa shape index (κ1) is 15.3. The minimum absolute atomic E-state index is 0.130. The molecule has 1 aliphatic carbocycles. The van der Waals surface area contributed by atoms with Crippen LogP contribution in [0.15, 0.2) is 6.33 Å². The fraction of sp³-hybridized carbons (Fsp3) is 0.625. The standard InChI is InChI=1S/C16H22N6O2/c1-20-10-17-15(19-20)16(23)22-6-5-14-12(7-22)13(18-21(14)2)9-24-8-11-3-4-11/h10-11H,3-9H2,1-2H3. The van der Waals surface area contributed by atoms with Gasteiger partial charge < -0.3 is 9.64 Å². The Morgan fingerprint density at radius 1 is 1.33 bits per heavy atom. The number of ether oxygens (including phenoxy) is 1. The van der Waals surface area contributed by atoms with Gasteiger partial charge in [-0.15, -0.1) is 5.10 Å². The van der Waals surface area contributed by atoms with Gasteiger partial charge in [0.15, 0.2) is 0 Å². The average Bonchev–Trinajstić information content (AvgIpc) is 3.22. The smallest absolute Gasteiger partial charge is 0.293 e. The van der Waals surface area contributed by atoms with E-state index in [4.69, 9.17) is 4.74 Å². The topological polar surface area (TPSA) is 78.1 Å². The molecule has 1 amide bonds. The summed E-state index contributed by atoms with van der Waals surface area (Å²) in [6.07, 6.45) is 4.89. The first-order valence-electron chi connectivity index (χ1n) is 8.38. The third-order valence-corrected chi connectivity index (χ3v) is 4.69. The number of carbonyl (C=O) groups is 1. The fourth-order valence-corrected chi connectivity index (χ4v) is 3.14. The van der Waals surface area contributed by atoms with E-state index in [1.165, 1.54) is 18.5 Å². The summed E-state index contributed by atoms with van der Waals surface area (Å²) in [6.45, 7) is 2.53. The van der Waals surface area contributed by atoms with Gasteiger partial charge in [0.1, 0.15) is 6.33 Å². The highest BCUT2D eigenvalue weighted by Crippen LogP contribution is 2.29. The molecule has 24 heavy (non-hydrogen) atoms. The van der Waals surface area contributed by atoms with Gasteiger partial charge in [-0.2, -0.15) is 5.10 Å². The first-order chi connectivity index (χ1) is 11.6. The number of aromatic nitrogens is 5. The van der Waals surface area contributed by atoms with Crippen LogP contribution in [-0.4, -0.2) is 48.5 Å². The van der Waals surface area contributed by atoms with Crippen LogP contribution in [0.1, 0.15) is 40.4 Å². The molecule has 8 heteroatoms. The summed E-state index contributed by atoms with van der Waals surface area (Å²) in [5.74, 6) is 0.851. The van der Waals surface area contributed by atoms with Crippen LogP contribution in [0.3, 0.4) is 0 Å². The molecule has 0 aromatic carbocycles. The zero-order valence-electron chi connectivity index (χ0n) is 14.1. The molecular weight excluding hydrogens is 308 g/mol. The van der Waals surface area contributed by atoms with Gasteiger partial charge in [-0.3, -0.25) is 14.2 Å². The summed E-state index contributed by atoms with van der Waals surface area (Å²) in [5, 5.41) is 8.71. The third-order valence-electron chi connectivity index (χ3n) is 4.69. The fourth-order valence-electron chi connectivity index (χ4n) is 3.14. The molecule has 2 aliphatic rings. The summed E-state index contributed by atoms with van der Waals surface area (Å²) in [6, 6.07) is 0. The number of aryl methyl sites for hydroxylation is 2. The molecule has 1 aliphatic heterocycles.